The average Bonchev–Trinajstić information content (AvgIpc) is 3.12. The van der Waals surface area contributed by atoms with E-state index in [1.165, 1.54) is 0 Å². The molecular formula is C18H17F2N3O2S. The van der Waals surface area contributed by atoms with Gasteiger partial charge in [0.15, 0.2) is 0 Å². The van der Waals surface area contributed by atoms with Crippen LogP contribution < -0.4 is 4.72 Å². The Morgan fingerprint density at radius 3 is 2.58 bits per heavy atom. The number of halogens is 2. The van der Waals surface area contributed by atoms with Gasteiger partial charge < -0.3 is 4.98 Å². The summed E-state index contributed by atoms with van der Waals surface area (Å²) in [6.07, 6.45) is 1.97. The molecule has 0 fully saturated rings. The molecule has 26 heavy (non-hydrogen) atoms. The van der Waals surface area contributed by atoms with E-state index in [0.717, 1.165) is 23.4 Å². The van der Waals surface area contributed by atoms with Gasteiger partial charge in [0.2, 0.25) is 10.0 Å². The first-order chi connectivity index (χ1) is 12.4. The molecule has 3 rings (SSSR count). The van der Waals surface area contributed by atoms with Crippen molar-refractivity contribution in [1.82, 2.24) is 14.7 Å². The van der Waals surface area contributed by atoms with Crippen LogP contribution in [-0.4, -0.2) is 18.4 Å². The third-order valence-electron chi connectivity index (χ3n) is 3.90. The summed E-state index contributed by atoms with van der Waals surface area (Å²) in [7, 11) is -4.25. The Hall–Kier alpha value is -2.58. The topological polar surface area (TPSA) is 74.8 Å². The number of imidazole rings is 1. The van der Waals surface area contributed by atoms with Crippen molar-refractivity contribution in [3.63, 3.8) is 0 Å². The van der Waals surface area contributed by atoms with Crippen LogP contribution in [0.1, 0.15) is 25.2 Å². The SMILES string of the molecule is CC[C@H](NS(=O)(=O)c1cc(F)ccc1F)c1ncc(-c2ccccc2)[nH]1. The van der Waals surface area contributed by atoms with Crippen molar-refractivity contribution in [2.24, 2.45) is 0 Å². The molecule has 0 aliphatic carbocycles. The summed E-state index contributed by atoms with van der Waals surface area (Å²) in [5, 5.41) is 0. The van der Waals surface area contributed by atoms with Crippen LogP contribution in [0.25, 0.3) is 11.3 Å². The number of benzene rings is 2. The van der Waals surface area contributed by atoms with E-state index in [4.69, 9.17) is 0 Å². The van der Waals surface area contributed by atoms with E-state index in [0.29, 0.717) is 18.3 Å². The first-order valence-electron chi connectivity index (χ1n) is 7.98. The van der Waals surface area contributed by atoms with Gasteiger partial charge in [-0.1, -0.05) is 37.3 Å². The zero-order valence-corrected chi connectivity index (χ0v) is 14.7. The van der Waals surface area contributed by atoms with Crippen molar-refractivity contribution in [2.45, 2.75) is 24.3 Å². The van der Waals surface area contributed by atoms with Crippen molar-refractivity contribution < 1.29 is 17.2 Å². The fourth-order valence-corrected chi connectivity index (χ4v) is 3.92. The van der Waals surface area contributed by atoms with Gasteiger partial charge in [-0.3, -0.25) is 0 Å². The van der Waals surface area contributed by atoms with Gasteiger partial charge in [0, 0.05) is 0 Å². The summed E-state index contributed by atoms with van der Waals surface area (Å²) in [5.41, 5.74) is 1.63. The number of nitrogens with zero attached hydrogens (tertiary/aromatic N) is 1. The van der Waals surface area contributed by atoms with E-state index in [1.807, 2.05) is 30.3 Å². The summed E-state index contributed by atoms with van der Waals surface area (Å²) in [6, 6.07) is 11.0. The molecule has 2 aromatic carbocycles. The molecule has 1 aromatic heterocycles. The summed E-state index contributed by atoms with van der Waals surface area (Å²) in [5.74, 6) is -1.45. The van der Waals surface area contributed by atoms with E-state index in [-0.39, 0.29) is 0 Å². The predicted molar refractivity (Wildman–Crippen MR) is 93.7 cm³/mol. The Morgan fingerprint density at radius 1 is 1.15 bits per heavy atom. The van der Waals surface area contributed by atoms with Crippen LogP contribution in [0.5, 0.6) is 0 Å². The number of rotatable bonds is 6. The fraction of sp³-hybridized carbons (Fsp3) is 0.167. The highest BCUT2D eigenvalue weighted by molar-refractivity contribution is 7.89. The minimum absolute atomic E-state index is 0.373. The van der Waals surface area contributed by atoms with E-state index in [1.54, 1.807) is 13.1 Å². The molecule has 0 unspecified atom stereocenters. The van der Waals surface area contributed by atoms with Crippen molar-refractivity contribution in [1.29, 1.82) is 0 Å². The Kier molecular flexibility index (Phi) is 5.15. The summed E-state index contributed by atoms with van der Waals surface area (Å²) in [4.78, 5) is 6.58. The lowest BCUT2D eigenvalue weighted by molar-refractivity contribution is 0.522. The van der Waals surface area contributed by atoms with Crippen LogP contribution in [0.3, 0.4) is 0 Å². The normalized spacial score (nSPS) is 12.9. The molecule has 3 aromatic rings. The predicted octanol–water partition coefficient (Wildman–Crippen LogP) is 3.78. The lowest BCUT2D eigenvalue weighted by Gasteiger charge is -2.15. The molecule has 0 bridgehead atoms. The van der Waals surface area contributed by atoms with Crippen molar-refractivity contribution in [3.8, 4) is 11.3 Å². The van der Waals surface area contributed by atoms with Gasteiger partial charge in [0.1, 0.15) is 22.4 Å². The van der Waals surface area contributed by atoms with Gasteiger partial charge in [-0.05, 0) is 30.2 Å². The Balaban J connectivity index is 1.88. The van der Waals surface area contributed by atoms with Gasteiger partial charge in [0.25, 0.3) is 0 Å². The van der Waals surface area contributed by atoms with E-state index < -0.39 is 32.6 Å². The molecule has 0 saturated carbocycles. The van der Waals surface area contributed by atoms with E-state index >= 15 is 0 Å². The van der Waals surface area contributed by atoms with Gasteiger partial charge in [0.05, 0.1) is 17.9 Å². The van der Waals surface area contributed by atoms with Crippen molar-refractivity contribution in [2.75, 3.05) is 0 Å². The maximum Gasteiger partial charge on any atom is 0.244 e. The smallest absolute Gasteiger partial charge is 0.244 e. The highest BCUT2D eigenvalue weighted by Gasteiger charge is 2.25. The third kappa shape index (κ3) is 3.81. The number of sulfonamides is 1. The largest absolute Gasteiger partial charge is 0.341 e. The van der Waals surface area contributed by atoms with Crippen LogP contribution in [0.4, 0.5) is 8.78 Å². The minimum Gasteiger partial charge on any atom is -0.341 e. The maximum absolute atomic E-state index is 13.8. The number of aromatic nitrogens is 2. The highest BCUT2D eigenvalue weighted by Crippen LogP contribution is 2.23. The lowest BCUT2D eigenvalue weighted by Crippen LogP contribution is -2.29. The second-order valence-electron chi connectivity index (χ2n) is 5.71. The zero-order chi connectivity index (χ0) is 18.7. The molecule has 2 N–H and O–H groups in total. The van der Waals surface area contributed by atoms with Crippen LogP contribution in [-0.2, 0) is 10.0 Å². The lowest BCUT2D eigenvalue weighted by atomic mass is 10.2. The van der Waals surface area contributed by atoms with Gasteiger partial charge in [-0.2, -0.15) is 0 Å². The molecule has 0 aliphatic heterocycles. The quantitative estimate of drug-likeness (QED) is 0.686. The van der Waals surface area contributed by atoms with Crippen LogP contribution >= 0.6 is 0 Å². The number of hydrogen-bond donors (Lipinski definition) is 2. The van der Waals surface area contributed by atoms with Gasteiger partial charge in [-0.15, -0.1) is 0 Å². The molecule has 0 spiro atoms. The number of H-pyrrole nitrogens is 1. The number of nitrogens with one attached hydrogen (secondary N) is 2. The van der Waals surface area contributed by atoms with Crippen molar-refractivity contribution >= 4 is 10.0 Å². The fourth-order valence-electron chi connectivity index (χ4n) is 2.54. The standard InChI is InChI=1S/C18H17F2N3O2S/c1-2-15(18-21-11-16(22-18)12-6-4-3-5-7-12)23-26(24,25)17-10-13(19)8-9-14(17)20/h3-11,15,23H,2H2,1H3,(H,21,22)/t15-/m0/s1. The Morgan fingerprint density at radius 2 is 1.88 bits per heavy atom. The molecular weight excluding hydrogens is 360 g/mol. The maximum atomic E-state index is 13.8. The molecule has 136 valence electrons. The Bertz CT molecular complexity index is 1000. The first-order valence-corrected chi connectivity index (χ1v) is 9.46. The highest BCUT2D eigenvalue weighted by atomic mass is 32.2. The average molecular weight is 377 g/mol. The molecule has 0 saturated heterocycles. The molecule has 0 radical (unpaired) electrons. The van der Waals surface area contributed by atoms with Crippen LogP contribution in [0.2, 0.25) is 0 Å². The summed E-state index contributed by atoms with van der Waals surface area (Å²) < 4.78 is 54.5. The second-order valence-corrected chi connectivity index (χ2v) is 7.39. The zero-order valence-electron chi connectivity index (χ0n) is 13.9. The monoisotopic (exact) mass is 377 g/mol. The first kappa shape index (κ1) is 18.2. The molecule has 5 nitrogen and oxygen atoms in total. The van der Waals surface area contributed by atoms with E-state index in [2.05, 4.69) is 14.7 Å². The Labute approximate surface area is 150 Å². The van der Waals surface area contributed by atoms with Gasteiger partial charge >= 0.3 is 0 Å². The molecule has 0 aliphatic rings. The van der Waals surface area contributed by atoms with Crippen LogP contribution in [0, 0.1) is 11.6 Å². The minimum atomic E-state index is -4.25. The second kappa shape index (κ2) is 7.35. The summed E-state index contributed by atoms with van der Waals surface area (Å²) in [6.45, 7) is 1.76. The molecule has 1 heterocycles. The molecule has 1 atom stereocenters. The third-order valence-corrected chi connectivity index (χ3v) is 5.39. The van der Waals surface area contributed by atoms with E-state index in [9.17, 15) is 17.2 Å². The van der Waals surface area contributed by atoms with Crippen LogP contribution in [0.15, 0.2) is 59.6 Å². The molecule has 8 heteroatoms. The molecule has 0 amide bonds. The van der Waals surface area contributed by atoms with Gasteiger partial charge in [-0.25, -0.2) is 26.9 Å². The number of hydrogen-bond acceptors (Lipinski definition) is 3. The summed E-state index contributed by atoms with van der Waals surface area (Å²) >= 11 is 0. The van der Waals surface area contributed by atoms with Crippen molar-refractivity contribution in [3.05, 3.63) is 72.2 Å². The number of aromatic amines is 1.